The van der Waals surface area contributed by atoms with E-state index >= 15 is 0 Å². The van der Waals surface area contributed by atoms with Gasteiger partial charge in [-0.15, -0.1) is 0 Å². The van der Waals surface area contributed by atoms with Crippen molar-refractivity contribution in [2.75, 3.05) is 6.61 Å². The third kappa shape index (κ3) is 5.76. The Kier molecular flexibility index (Phi) is 7.90. The van der Waals surface area contributed by atoms with Crippen LogP contribution in [0.2, 0.25) is 0 Å². The van der Waals surface area contributed by atoms with Crippen molar-refractivity contribution in [3.8, 4) is 0 Å². The molecular formula is C24H24BF3O3. The Morgan fingerprint density at radius 1 is 0.677 bits per heavy atom. The molecule has 0 unspecified atom stereocenters. The molecule has 2 N–H and O–H groups in total. The van der Waals surface area contributed by atoms with Crippen LogP contribution in [0.1, 0.15) is 42.4 Å². The van der Waals surface area contributed by atoms with Crippen LogP contribution in [0.5, 0.6) is 0 Å². The fraction of sp³-hybridized carbons (Fsp3) is 0.250. The normalized spacial score (nSPS) is 11.5. The van der Waals surface area contributed by atoms with E-state index in [1.807, 2.05) is 0 Å². The maximum atomic E-state index is 14.2. The van der Waals surface area contributed by atoms with Crippen molar-refractivity contribution in [1.82, 2.24) is 0 Å². The van der Waals surface area contributed by atoms with Gasteiger partial charge in [-0.05, 0) is 65.9 Å². The number of benzene rings is 3. The molecule has 3 nitrogen and oxygen atoms in total. The Morgan fingerprint density at radius 3 is 1.52 bits per heavy atom. The van der Waals surface area contributed by atoms with Crippen molar-refractivity contribution in [2.24, 2.45) is 0 Å². The Morgan fingerprint density at radius 2 is 1.13 bits per heavy atom. The third-order valence-corrected chi connectivity index (χ3v) is 5.42. The molecule has 0 amide bonds. The molecule has 7 heteroatoms. The van der Waals surface area contributed by atoms with Crippen LogP contribution in [0, 0.1) is 17.5 Å². The zero-order valence-electron chi connectivity index (χ0n) is 17.0. The van der Waals surface area contributed by atoms with Crippen LogP contribution in [0.4, 0.5) is 13.2 Å². The summed E-state index contributed by atoms with van der Waals surface area (Å²) in [5.41, 5.74) is 0.839. The van der Waals surface area contributed by atoms with Gasteiger partial charge in [0.1, 0.15) is 17.5 Å². The summed E-state index contributed by atoms with van der Waals surface area (Å²) in [7, 11) is -1.81. The quantitative estimate of drug-likeness (QED) is 0.272. The van der Waals surface area contributed by atoms with Crippen LogP contribution >= 0.6 is 0 Å². The molecule has 0 heterocycles. The number of hydrogen-bond acceptors (Lipinski definition) is 3. The predicted molar refractivity (Wildman–Crippen MR) is 114 cm³/mol. The Labute approximate surface area is 180 Å². The molecule has 0 radical (unpaired) electrons. The van der Waals surface area contributed by atoms with Gasteiger partial charge in [0, 0.05) is 12.0 Å². The van der Waals surface area contributed by atoms with Crippen molar-refractivity contribution >= 4 is 7.32 Å². The van der Waals surface area contributed by atoms with Crippen LogP contribution in [-0.4, -0.2) is 24.0 Å². The first-order valence-corrected chi connectivity index (χ1v) is 10.2. The summed E-state index contributed by atoms with van der Waals surface area (Å²) < 4.78 is 47.5. The fourth-order valence-corrected chi connectivity index (χ4v) is 4.05. The Bertz CT molecular complexity index is 886. The van der Waals surface area contributed by atoms with Crippen LogP contribution < -0.4 is 0 Å². The highest BCUT2D eigenvalue weighted by atomic mass is 19.1. The van der Waals surface area contributed by atoms with Crippen LogP contribution in [0.3, 0.4) is 0 Å². The molecule has 3 aromatic carbocycles. The second kappa shape index (κ2) is 10.6. The SMILES string of the molecule is OB(O)OCCCCCC(c1cccc(F)c1)(c1cccc(F)c1)c1cccc(F)c1. The number of hydrogen-bond donors (Lipinski definition) is 2. The second-order valence-electron chi connectivity index (χ2n) is 7.44. The van der Waals surface area contributed by atoms with Crippen molar-refractivity contribution in [3.63, 3.8) is 0 Å². The van der Waals surface area contributed by atoms with Gasteiger partial charge in [0.05, 0.1) is 0 Å². The molecule has 0 saturated heterocycles. The molecule has 0 atom stereocenters. The lowest BCUT2D eigenvalue weighted by atomic mass is 9.66. The number of unbranched alkanes of at least 4 members (excludes halogenated alkanes) is 2. The predicted octanol–water partition coefficient (Wildman–Crippen LogP) is 4.98. The van der Waals surface area contributed by atoms with Gasteiger partial charge in [0.25, 0.3) is 0 Å². The highest BCUT2D eigenvalue weighted by molar-refractivity contribution is 6.32. The van der Waals surface area contributed by atoms with Gasteiger partial charge in [-0.2, -0.15) is 0 Å². The summed E-state index contributed by atoms with van der Waals surface area (Å²) in [5, 5.41) is 17.6. The first-order valence-electron chi connectivity index (χ1n) is 10.2. The highest BCUT2D eigenvalue weighted by Crippen LogP contribution is 2.44. The van der Waals surface area contributed by atoms with Gasteiger partial charge in [-0.3, -0.25) is 0 Å². The van der Waals surface area contributed by atoms with Gasteiger partial charge >= 0.3 is 7.32 Å². The smallest absolute Gasteiger partial charge is 0.402 e. The van der Waals surface area contributed by atoms with E-state index < -0.39 is 30.2 Å². The molecule has 162 valence electrons. The standard InChI is InChI=1S/C24H24BF3O3/c26-21-10-4-7-18(15-21)24(19-8-5-11-22(27)16-19,20-9-6-12-23(28)17-20)13-2-1-3-14-31-25(29)30/h4-12,15-17,29-30H,1-3,13-14H2. The van der Waals surface area contributed by atoms with Crippen molar-refractivity contribution in [2.45, 2.75) is 31.1 Å². The fourth-order valence-electron chi connectivity index (χ4n) is 4.05. The summed E-state index contributed by atoms with van der Waals surface area (Å²) in [4.78, 5) is 0. The van der Waals surface area contributed by atoms with E-state index in [9.17, 15) is 13.2 Å². The third-order valence-electron chi connectivity index (χ3n) is 5.42. The summed E-state index contributed by atoms with van der Waals surface area (Å²) >= 11 is 0. The molecule has 0 fully saturated rings. The van der Waals surface area contributed by atoms with E-state index in [0.717, 1.165) is 0 Å². The van der Waals surface area contributed by atoms with Crippen molar-refractivity contribution < 1.29 is 27.9 Å². The zero-order valence-corrected chi connectivity index (χ0v) is 17.0. The molecule has 0 aliphatic heterocycles. The highest BCUT2D eigenvalue weighted by Gasteiger charge is 2.36. The first-order chi connectivity index (χ1) is 14.9. The molecule has 0 aliphatic carbocycles. The van der Waals surface area contributed by atoms with E-state index in [1.54, 1.807) is 36.4 Å². The van der Waals surface area contributed by atoms with Gasteiger partial charge in [-0.25, -0.2) is 13.2 Å². The molecule has 3 aromatic rings. The van der Waals surface area contributed by atoms with Crippen LogP contribution in [0.15, 0.2) is 72.8 Å². The van der Waals surface area contributed by atoms with E-state index in [2.05, 4.69) is 0 Å². The number of rotatable bonds is 10. The molecule has 0 saturated carbocycles. The van der Waals surface area contributed by atoms with Crippen LogP contribution in [-0.2, 0) is 10.1 Å². The first kappa shape index (κ1) is 23.1. The van der Waals surface area contributed by atoms with Crippen LogP contribution in [0.25, 0.3) is 0 Å². The average Bonchev–Trinajstić information content (AvgIpc) is 2.73. The maximum absolute atomic E-state index is 14.2. The molecule has 0 bridgehead atoms. The minimum absolute atomic E-state index is 0.171. The lowest BCUT2D eigenvalue weighted by Gasteiger charge is -2.36. The van der Waals surface area contributed by atoms with Gasteiger partial charge in [0.2, 0.25) is 0 Å². The van der Waals surface area contributed by atoms with Crippen molar-refractivity contribution in [3.05, 3.63) is 107 Å². The Balaban J connectivity index is 2.05. The lowest BCUT2D eigenvalue weighted by Crippen LogP contribution is -2.30. The molecule has 0 aromatic heterocycles. The van der Waals surface area contributed by atoms with Gasteiger partial charge in [0.15, 0.2) is 0 Å². The number of halogens is 3. The van der Waals surface area contributed by atoms with E-state index in [0.29, 0.717) is 42.4 Å². The van der Waals surface area contributed by atoms with E-state index in [-0.39, 0.29) is 6.61 Å². The average molecular weight is 428 g/mol. The largest absolute Gasteiger partial charge is 0.633 e. The molecule has 3 rings (SSSR count). The maximum Gasteiger partial charge on any atom is 0.633 e. The summed E-state index contributed by atoms with van der Waals surface area (Å²) in [6.45, 7) is 0.171. The second-order valence-corrected chi connectivity index (χ2v) is 7.44. The molecule has 0 aliphatic rings. The summed E-state index contributed by atoms with van der Waals surface area (Å²) in [5.74, 6) is -1.29. The topological polar surface area (TPSA) is 49.7 Å². The zero-order chi connectivity index (χ0) is 22.3. The van der Waals surface area contributed by atoms with E-state index in [4.69, 9.17) is 14.7 Å². The van der Waals surface area contributed by atoms with E-state index in [1.165, 1.54) is 36.4 Å². The Hall–Kier alpha value is -2.61. The molecule has 0 spiro atoms. The summed E-state index contributed by atoms with van der Waals surface area (Å²) in [6, 6.07) is 18.3. The van der Waals surface area contributed by atoms with Gasteiger partial charge in [-0.1, -0.05) is 49.2 Å². The minimum Gasteiger partial charge on any atom is -0.402 e. The van der Waals surface area contributed by atoms with Gasteiger partial charge < -0.3 is 14.7 Å². The van der Waals surface area contributed by atoms with Crippen molar-refractivity contribution in [1.29, 1.82) is 0 Å². The monoisotopic (exact) mass is 428 g/mol. The minimum atomic E-state index is -1.81. The molecule has 31 heavy (non-hydrogen) atoms. The lowest BCUT2D eigenvalue weighted by molar-refractivity contribution is 0.181. The molecular weight excluding hydrogens is 404 g/mol. The summed E-state index contributed by atoms with van der Waals surface area (Å²) in [6.07, 6.45) is 2.34.